The van der Waals surface area contributed by atoms with Crippen molar-refractivity contribution in [1.82, 2.24) is 8.61 Å². The van der Waals surface area contributed by atoms with Gasteiger partial charge >= 0.3 is 0 Å². The highest BCUT2D eigenvalue weighted by Crippen LogP contribution is 2.31. The van der Waals surface area contributed by atoms with Crippen molar-refractivity contribution in [2.75, 3.05) is 40.4 Å². The van der Waals surface area contributed by atoms with Crippen LogP contribution in [0.1, 0.15) is 0 Å². The van der Waals surface area contributed by atoms with Gasteiger partial charge in [0.1, 0.15) is 20.6 Å². The van der Waals surface area contributed by atoms with E-state index in [9.17, 15) is 16.8 Å². The lowest BCUT2D eigenvalue weighted by Gasteiger charge is -2.33. The minimum absolute atomic E-state index is 0.0281. The van der Waals surface area contributed by atoms with E-state index in [1.165, 1.54) is 35.0 Å². The Morgan fingerprint density at radius 2 is 1.52 bits per heavy atom. The summed E-state index contributed by atoms with van der Waals surface area (Å²) in [6, 6.07) is 7.71. The molecule has 8 nitrogen and oxygen atoms in total. The molecule has 1 aliphatic rings. The summed E-state index contributed by atoms with van der Waals surface area (Å²) in [7, 11) is -4.53. The summed E-state index contributed by atoms with van der Waals surface area (Å²) in [4.78, 5) is 0.0281. The molecule has 0 unspecified atom stereocenters. The second kappa shape index (κ2) is 7.76. The van der Waals surface area contributed by atoms with Crippen molar-refractivity contribution in [2.45, 2.75) is 9.10 Å². The number of thiophene rings is 1. The third-order valence-electron chi connectivity index (χ3n) is 4.28. The van der Waals surface area contributed by atoms with Crippen LogP contribution in [0.5, 0.6) is 11.5 Å². The van der Waals surface area contributed by atoms with Crippen LogP contribution >= 0.6 is 11.3 Å². The highest BCUT2D eigenvalue weighted by atomic mass is 32.2. The topological polar surface area (TPSA) is 93.2 Å². The van der Waals surface area contributed by atoms with Crippen molar-refractivity contribution in [3.8, 4) is 11.5 Å². The van der Waals surface area contributed by atoms with Gasteiger partial charge in [-0.05, 0) is 23.6 Å². The standard InChI is InChI=1S/C16H20N2O6S3/c1-23-13-5-6-15(14(12-13)24-2)26(19,20)17-7-9-18(10-8-17)27(21,22)16-4-3-11-25-16/h3-6,11-12H,7-10H2,1-2H3. The molecule has 1 saturated heterocycles. The number of rotatable bonds is 6. The molecular formula is C16H20N2O6S3. The van der Waals surface area contributed by atoms with E-state index in [-0.39, 0.29) is 41.0 Å². The summed E-state index contributed by atoms with van der Waals surface area (Å²) in [5.41, 5.74) is 0. The van der Waals surface area contributed by atoms with Crippen molar-refractivity contribution in [3.05, 3.63) is 35.7 Å². The first-order valence-corrected chi connectivity index (χ1v) is 11.8. The van der Waals surface area contributed by atoms with Crippen molar-refractivity contribution in [2.24, 2.45) is 0 Å². The Labute approximate surface area is 163 Å². The lowest BCUT2D eigenvalue weighted by molar-refractivity contribution is 0.272. The number of hydrogen-bond donors (Lipinski definition) is 0. The average Bonchev–Trinajstić information content (AvgIpc) is 3.23. The molecule has 11 heteroatoms. The van der Waals surface area contributed by atoms with Gasteiger partial charge in [0, 0.05) is 32.2 Å². The van der Waals surface area contributed by atoms with Crippen molar-refractivity contribution >= 4 is 31.4 Å². The largest absolute Gasteiger partial charge is 0.497 e. The quantitative estimate of drug-likeness (QED) is 0.686. The second-order valence-corrected chi connectivity index (χ2v) is 10.8. The van der Waals surface area contributed by atoms with Gasteiger partial charge in [0.25, 0.3) is 10.0 Å². The number of hydrogen-bond acceptors (Lipinski definition) is 7. The molecule has 0 amide bonds. The van der Waals surface area contributed by atoms with Gasteiger partial charge in [-0.15, -0.1) is 11.3 Å². The van der Waals surface area contributed by atoms with E-state index in [1.54, 1.807) is 23.6 Å². The molecule has 0 spiro atoms. The SMILES string of the molecule is COc1ccc(S(=O)(=O)N2CCN(S(=O)(=O)c3cccs3)CC2)c(OC)c1. The van der Waals surface area contributed by atoms with Crippen LogP contribution in [0.2, 0.25) is 0 Å². The lowest BCUT2D eigenvalue weighted by atomic mass is 10.3. The molecule has 0 atom stereocenters. The summed E-state index contributed by atoms with van der Waals surface area (Å²) in [5, 5.41) is 1.70. The van der Waals surface area contributed by atoms with Crippen LogP contribution in [0.25, 0.3) is 0 Å². The molecule has 0 N–H and O–H groups in total. The first-order chi connectivity index (χ1) is 12.8. The third kappa shape index (κ3) is 3.83. The van der Waals surface area contributed by atoms with Gasteiger partial charge in [-0.2, -0.15) is 8.61 Å². The molecule has 1 aliphatic heterocycles. The van der Waals surface area contributed by atoms with Crippen molar-refractivity contribution in [1.29, 1.82) is 0 Å². The van der Waals surface area contributed by atoms with Crippen LogP contribution in [0.3, 0.4) is 0 Å². The summed E-state index contributed by atoms with van der Waals surface area (Å²) in [6.45, 7) is 0.333. The minimum Gasteiger partial charge on any atom is -0.497 e. The van der Waals surface area contributed by atoms with E-state index in [4.69, 9.17) is 9.47 Å². The second-order valence-electron chi connectivity index (χ2n) is 5.76. The van der Waals surface area contributed by atoms with Gasteiger partial charge < -0.3 is 9.47 Å². The maximum absolute atomic E-state index is 13.0. The summed E-state index contributed by atoms with van der Waals surface area (Å²) >= 11 is 1.15. The van der Waals surface area contributed by atoms with Crippen molar-refractivity contribution in [3.63, 3.8) is 0 Å². The highest BCUT2D eigenvalue weighted by molar-refractivity contribution is 7.91. The number of methoxy groups -OCH3 is 2. The van der Waals surface area contributed by atoms with Gasteiger partial charge in [-0.25, -0.2) is 16.8 Å². The molecule has 2 aromatic rings. The zero-order valence-electron chi connectivity index (χ0n) is 14.9. The summed E-state index contributed by atoms with van der Waals surface area (Å²) in [5.74, 6) is 0.667. The number of ether oxygens (including phenoxy) is 2. The predicted octanol–water partition coefficient (Wildman–Crippen LogP) is 1.46. The number of benzene rings is 1. The van der Waals surface area contributed by atoms with E-state index in [0.717, 1.165) is 11.3 Å². The third-order valence-corrected chi connectivity index (χ3v) is 9.49. The zero-order chi connectivity index (χ0) is 19.7. The molecule has 27 heavy (non-hydrogen) atoms. The van der Waals surface area contributed by atoms with Crippen LogP contribution in [0.15, 0.2) is 44.8 Å². The van der Waals surface area contributed by atoms with E-state index < -0.39 is 20.0 Å². The predicted molar refractivity (Wildman–Crippen MR) is 101 cm³/mol. The molecule has 0 aliphatic carbocycles. The number of nitrogens with zero attached hydrogens (tertiary/aromatic N) is 2. The Hall–Kier alpha value is -1.66. The fourth-order valence-corrected chi connectivity index (χ4v) is 6.94. The number of piperazine rings is 1. The molecule has 0 bridgehead atoms. The molecule has 1 fully saturated rings. The van der Waals surface area contributed by atoms with Gasteiger partial charge in [0.05, 0.1) is 14.2 Å². The molecular weight excluding hydrogens is 412 g/mol. The van der Waals surface area contributed by atoms with E-state index >= 15 is 0 Å². The Kier molecular flexibility index (Phi) is 5.77. The molecule has 0 radical (unpaired) electrons. The maximum Gasteiger partial charge on any atom is 0.252 e. The smallest absolute Gasteiger partial charge is 0.252 e. The van der Waals surface area contributed by atoms with Crippen LogP contribution in [0.4, 0.5) is 0 Å². The molecule has 2 heterocycles. The molecule has 1 aromatic heterocycles. The van der Waals surface area contributed by atoms with Gasteiger partial charge in [-0.3, -0.25) is 0 Å². The van der Waals surface area contributed by atoms with E-state index in [0.29, 0.717) is 5.75 Å². The first kappa shape index (κ1) is 20.1. The maximum atomic E-state index is 13.0. The Balaban J connectivity index is 1.79. The Bertz CT molecular complexity index is 995. The molecule has 3 rings (SSSR count). The van der Waals surface area contributed by atoms with Gasteiger partial charge in [0.15, 0.2) is 0 Å². The van der Waals surface area contributed by atoms with Crippen LogP contribution < -0.4 is 9.47 Å². The first-order valence-electron chi connectivity index (χ1n) is 8.06. The Morgan fingerprint density at radius 3 is 2.04 bits per heavy atom. The monoisotopic (exact) mass is 432 g/mol. The van der Waals surface area contributed by atoms with Gasteiger partial charge in [-0.1, -0.05) is 6.07 Å². The van der Waals surface area contributed by atoms with E-state index in [1.807, 2.05) is 0 Å². The fourth-order valence-electron chi connectivity index (χ4n) is 2.82. The Morgan fingerprint density at radius 1 is 0.889 bits per heavy atom. The molecule has 0 saturated carbocycles. The molecule has 148 valence electrons. The lowest BCUT2D eigenvalue weighted by Crippen LogP contribution is -2.50. The summed E-state index contributed by atoms with van der Waals surface area (Å²) < 4.78 is 64.3. The molecule has 1 aromatic carbocycles. The van der Waals surface area contributed by atoms with Crippen LogP contribution in [-0.4, -0.2) is 65.8 Å². The van der Waals surface area contributed by atoms with Crippen LogP contribution in [0, 0.1) is 0 Å². The average molecular weight is 433 g/mol. The fraction of sp³-hybridized carbons (Fsp3) is 0.375. The normalized spacial score (nSPS) is 17.0. The zero-order valence-corrected chi connectivity index (χ0v) is 17.3. The minimum atomic E-state index is -3.82. The van der Waals surface area contributed by atoms with Gasteiger partial charge in [0.2, 0.25) is 10.0 Å². The summed E-state index contributed by atoms with van der Waals surface area (Å²) in [6.07, 6.45) is 0. The number of sulfonamides is 2. The highest BCUT2D eigenvalue weighted by Gasteiger charge is 2.35. The van der Waals surface area contributed by atoms with E-state index in [2.05, 4.69) is 0 Å². The van der Waals surface area contributed by atoms with Crippen LogP contribution in [-0.2, 0) is 20.0 Å². The van der Waals surface area contributed by atoms with Crippen molar-refractivity contribution < 1.29 is 26.3 Å².